The maximum atomic E-state index is 12.3. The van der Waals surface area contributed by atoms with Gasteiger partial charge in [-0.15, -0.1) is 11.8 Å². The van der Waals surface area contributed by atoms with E-state index in [-0.39, 0.29) is 17.1 Å². The summed E-state index contributed by atoms with van der Waals surface area (Å²) >= 11 is 3.36. The number of ether oxygens (including phenoxy) is 1. The van der Waals surface area contributed by atoms with E-state index in [1.807, 2.05) is 30.6 Å². The Morgan fingerprint density at radius 1 is 1.40 bits per heavy atom. The zero-order chi connectivity index (χ0) is 14.1. The lowest BCUT2D eigenvalue weighted by Crippen LogP contribution is -2.37. The monoisotopic (exact) mass is 306 g/mol. The SMILES string of the molecule is CCOC(=O)[C@H]1c2scc[n+]2-c2ccccc2S[C@H]1C. The van der Waals surface area contributed by atoms with Crippen molar-refractivity contribution in [2.45, 2.75) is 29.9 Å². The van der Waals surface area contributed by atoms with Crippen LogP contribution in [0, 0.1) is 0 Å². The smallest absolute Gasteiger partial charge is 0.321 e. The molecule has 1 aliphatic rings. The number of benzene rings is 1. The van der Waals surface area contributed by atoms with Crippen molar-refractivity contribution in [1.82, 2.24) is 0 Å². The summed E-state index contributed by atoms with van der Waals surface area (Å²) in [6.07, 6.45) is 2.03. The summed E-state index contributed by atoms with van der Waals surface area (Å²) < 4.78 is 7.40. The molecule has 0 amide bonds. The fourth-order valence-electron chi connectivity index (χ4n) is 2.46. The number of carbonyl (C=O) groups is 1. The van der Waals surface area contributed by atoms with Gasteiger partial charge in [0, 0.05) is 11.3 Å². The van der Waals surface area contributed by atoms with Gasteiger partial charge in [-0.3, -0.25) is 4.79 Å². The highest BCUT2D eigenvalue weighted by atomic mass is 32.2. The van der Waals surface area contributed by atoms with Crippen molar-refractivity contribution in [2.75, 3.05) is 6.61 Å². The zero-order valence-corrected chi connectivity index (χ0v) is 13.0. The highest BCUT2D eigenvalue weighted by Crippen LogP contribution is 2.39. The molecule has 2 atom stereocenters. The van der Waals surface area contributed by atoms with Crippen molar-refractivity contribution in [3.05, 3.63) is 40.8 Å². The number of hydrogen-bond acceptors (Lipinski definition) is 4. The standard InChI is InChI=1S/C15H16NO2S2/c1-3-18-15(17)13-10(2)20-12-7-5-4-6-11(12)16-8-9-19-14(13)16/h4-10,13H,3H2,1-2H3/q+1/t10-,13+/m0/s1. The van der Waals surface area contributed by atoms with Crippen LogP contribution in [0.25, 0.3) is 5.69 Å². The first-order valence-corrected chi connectivity index (χ1v) is 8.40. The van der Waals surface area contributed by atoms with E-state index in [2.05, 4.69) is 23.6 Å². The quantitative estimate of drug-likeness (QED) is 0.630. The summed E-state index contributed by atoms with van der Waals surface area (Å²) in [7, 11) is 0. The Labute approximate surface area is 126 Å². The number of fused-ring (bicyclic) bond motifs is 3. The lowest BCUT2D eigenvalue weighted by Gasteiger charge is -2.15. The first-order valence-electron chi connectivity index (χ1n) is 6.64. The average Bonchev–Trinajstić information content (AvgIpc) is 2.84. The molecule has 3 nitrogen and oxygen atoms in total. The molecule has 0 fully saturated rings. The van der Waals surface area contributed by atoms with Crippen molar-refractivity contribution in [1.29, 1.82) is 0 Å². The van der Waals surface area contributed by atoms with E-state index in [0.29, 0.717) is 6.61 Å². The third-order valence-electron chi connectivity index (χ3n) is 3.35. The lowest BCUT2D eigenvalue weighted by atomic mass is 10.1. The number of carbonyl (C=O) groups excluding carboxylic acids is 1. The Balaban J connectivity index is 2.12. The van der Waals surface area contributed by atoms with Gasteiger partial charge in [0.1, 0.15) is 0 Å². The predicted molar refractivity (Wildman–Crippen MR) is 80.5 cm³/mol. The summed E-state index contributed by atoms with van der Waals surface area (Å²) in [4.78, 5) is 13.5. The van der Waals surface area contributed by atoms with Gasteiger partial charge in [0.2, 0.25) is 5.69 Å². The van der Waals surface area contributed by atoms with Crippen LogP contribution in [0.2, 0.25) is 0 Å². The van der Waals surface area contributed by atoms with Gasteiger partial charge >= 0.3 is 5.97 Å². The fraction of sp³-hybridized carbons (Fsp3) is 0.333. The van der Waals surface area contributed by atoms with Crippen LogP contribution in [0.1, 0.15) is 24.8 Å². The normalized spacial score (nSPS) is 20.7. The molecular formula is C15H16NO2S2+. The molecule has 0 saturated heterocycles. The molecule has 0 N–H and O–H groups in total. The second kappa shape index (κ2) is 5.58. The van der Waals surface area contributed by atoms with E-state index < -0.39 is 0 Å². The Hall–Kier alpha value is -1.33. The first kappa shape index (κ1) is 13.6. The summed E-state index contributed by atoms with van der Waals surface area (Å²) in [5, 5.41) is 3.23. The molecule has 2 aromatic rings. The van der Waals surface area contributed by atoms with Crippen molar-refractivity contribution in [2.24, 2.45) is 0 Å². The van der Waals surface area contributed by atoms with E-state index in [9.17, 15) is 4.79 Å². The summed E-state index contributed by atoms with van der Waals surface area (Å²) in [6.45, 7) is 4.37. The Morgan fingerprint density at radius 3 is 3.00 bits per heavy atom. The molecular weight excluding hydrogens is 290 g/mol. The van der Waals surface area contributed by atoms with Crippen molar-refractivity contribution < 1.29 is 14.1 Å². The van der Waals surface area contributed by atoms with E-state index >= 15 is 0 Å². The summed E-state index contributed by atoms with van der Waals surface area (Å²) in [6, 6.07) is 8.27. The van der Waals surface area contributed by atoms with Crippen LogP contribution < -0.4 is 4.57 Å². The molecule has 20 heavy (non-hydrogen) atoms. The molecule has 1 aromatic carbocycles. The number of thioether (sulfide) groups is 1. The van der Waals surface area contributed by atoms with Crippen LogP contribution in [0.3, 0.4) is 0 Å². The third-order valence-corrected chi connectivity index (χ3v) is 5.54. The van der Waals surface area contributed by atoms with E-state index in [1.165, 1.54) is 4.90 Å². The Morgan fingerprint density at radius 2 is 2.20 bits per heavy atom. The molecule has 0 radical (unpaired) electrons. The minimum atomic E-state index is -0.215. The number of hydrogen-bond donors (Lipinski definition) is 0. The molecule has 2 heterocycles. The average molecular weight is 306 g/mol. The highest BCUT2D eigenvalue weighted by Gasteiger charge is 2.41. The van der Waals surface area contributed by atoms with Crippen LogP contribution in [0.4, 0.5) is 0 Å². The molecule has 1 aromatic heterocycles. The summed E-state index contributed by atoms with van der Waals surface area (Å²) in [5.41, 5.74) is 1.15. The number of nitrogens with zero attached hydrogens (tertiary/aromatic N) is 1. The third kappa shape index (κ3) is 2.25. The van der Waals surface area contributed by atoms with Crippen LogP contribution in [-0.2, 0) is 9.53 Å². The molecule has 1 aliphatic heterocycles. The van der Waals surface area contributed by atoms with Gasteiger partial charge in [-0.1, -0.05) is 30.4 Å². The number of thiazole rings is 1. The second-order valence-corrected chi connectivity index (χ2v) is 6.98. The molecule has 0 spiro atoms. The Kier molecular flexibility index (Phi) is 3.81. The molecule has 3 rings (SSSR count). The van der Waals surface area contributed by atoms with Crippen LogP contribution in [-0.4, -0.2) is 17.8 Å². The van der Waals surface area contributed by atoms with Gasteiger partial charge < -0.3 is 4.74 Å². The summed E-state index contributed by atoms with van der Waals surface area (Å²) in [5.74, 6) is -0.344. The van der Waals surface area contributed by atoms with Crippen molar-refractivity contribution in [3.63, 3.8) is 0 Å². The second-order valence-electron chi connectivity index (χ2n) is 4.63. The molecule has 5 heteroatoms. The van der Waals surface area contributed by atoms with Crippen LogP contribution in [0.15, 0.2) is 40.7 Å². The Bertz CT molecular complexity index is 638. The van der Waals surface area contributed by atoms with E-state index in [1.54, 1.807) is 23.1 Å². The number of rotatable bonds is 2. The zero-order valence-electron chi connectivity index (χ0n) is 11.4. The topological polar surface area (TPSA) is 30.2 Å². The fourth-order valence-corrected chi connectivity index (χ4v) is 4.81. The van der Waals surface area contributed by atoms with E-state index in [4.69, 9.17) is 4.74 Å². The molecule has 0 bridgehead atoms. The molecule has 0 saturated carbocycles. The highest BCUT2D eigenvalue weighted by molar-refractivity contribution is 8.00. The van der Waals surface area contributed by atoms with Gasteiger partial charge in [0.15, 0.2) is 12.1 Å². The van der Waals surface area contributed by atoms with E-state index in [0.717, 1.165) is 10.7 Å². The van der Waals surface area contributed by atoms with Crippen LogP contribution in [0.5, 0.6) is 0 Å². The minimum absolute atomic E-state index is 0.128. The van der Waals surface area contributed by atoms with Gasteiger partial charge in [-0.2, -0.15) is 4.57 Å². The predicted octanol–water partition coefficient (Wildman–Crippen LogP) is 3.17. The minimum Gasteiger partial charge on any atom is -0.465 e. The van der Waals surface area contributed by atoms with Gasteiger partial charge in [0.25, 0.3) is 5.01 Å². The first-order chi connectivity index (χ1) is 9.72. The number of esters is 1. The molecule has 0 aliphatic carbocycles. The van der Waals surface area contributed by atoms with Gasteiger partial charge in [-0.05, 0) is 13.0 Å². The maximum Gasteiger partial charge on any atom is 0.321 e. The molecule has 0 unspecified atom stereocenters. The lowest BCUT2D eigenvalue weighted by molar-refractivity contribution is -0.601. The van der Waals surface area contributed by atoms with Crippen molar-refractivity contribution >= 4 is 29.1 Å². The van der Waals surface area contributed by atoms with Crippen molar-refractivity contribution in [3.8, 4) is 5.69 Å². The number of aromatic nitrogens is 1. The molecule has 104 valence electrons. The largest absolute Gasteiger partial charge is 0.465 e. The maximum absolute atomic E-state index is 12.3. The van der Waals surface area contributed by atoms with Crippen LogP contribution >= 0.6 is 23.1 Å². The van der Waals surface area contributed by atoms with Gasteiger partial charge in [0.05, 0.1) is 16.9 Å². The number of para-hydroxylation sites is 1. The van der Waals surface area contributed by atoms with Gasteiger partial charge in [-0.25, -0.2) is 0 Å².